The summed E-state index contributed by atoms with van der Waals surface area (Å²) in [5.41, 5.74) is 0.749. The Bertz CT molecular complexity index is 843. The minimum absolute atomic E-state index is 0.0330. The third-order valence-electron chi connectivity index (χ3n) is 4.52. The van der Waals surface area contributed by atoms with E-state index >= 15 is 0 Å². The molecule has 1 aliphatic heterocycles. The molecule has 3 rings (SSSR count). The van der Waals surface area contributed by atoms with Crippen molar-refractivity contribution in [3.8, 4) is 5.75 Å². The molecule has 0 aliphatic carbocycles. The fourth-order valence-electron chi connectivity index (χ4n) is 3.06. The predicted octanol–water partition coefficient (Wildman–Crippen LogP) is 2.94. The summed E-state index contributed by atoms with van der Waals surface area (Å²) in [6, 6.07) is 13.5. The molecular formula is C18H21ClN2O3S. The van der Waals surface area contributed by atoms with Crippen LogP contribution in [0.4, 0.5) is 0 Å². The third kappa shape index (κ3) is 3.98. The van der Waals surface area contributed by atoms with Gasteiger partial charge in [-0.1, -0.05) is 29.8 Å². The van der Waals surface area contributed by atoms with Gasteiger partial charge in [0, 0.05) is 42.8 Å². The molecule has 25 heavy (non-hydrogen) atoms. The molecule has 2 aromatic carbocycles. The number of nitrogens with zero attached hydrogens (tertiary/aromatic N) is 2. The van der Waals surface area contributed by atoms with E-state index in [1.54, 1.807) is 48.5 Å². The van der Waals surface area contributed by atoms with Crippen LogP contribution in [0.5, 0.6) is 5.75 Å². The standard InChI is InChI=1S/C18H21ClN2O3S/c1-14-12-21(25(23,24)17-5-3-2-4-6-17)10-9-20(14)13-15-11-16(19)7-8-18(15)22/h2-8,11,14,22H,9-10,12-13H2,1H3/t14-/m1/s1. The van der Waals surface area contributed by atoms with E-state index in [-0.39, 0.29) is 11.8 Å². The molecule has 1 heterocycles. The van der Waals surface area contributed by atoms with Gasteiger partial charge in [0.25, 0.3) is 0 Å². The Balaban J connectivity index is 1.72. The van der Waals surface area contributed by atoms with Crippen molar-refractivity contribution in [3.63, 3.8) is 0 Å². The van der Waals surface area contributed by atoms with Gasteiger partial charge in [-0.15, -0.1) is 0 Å². The number of halogens is 1. The highest BCUT2D eigenvalue weighted by Gasteiger charge is 2.32. The monoisotopic (exact) mass is 380 g/mol. The Labute approximate surface area is 153 Å². The average Bonchev–Trinajstić information content (AvgIpc) is 2.60. The Kier molecular flexibility index (Phi) is 5.34. The van der Waals surface area contributed by atoms with Crippen LogP contribution in [0, 0.1) is 0 Å². The lowest BCUT2D eigenvalue weighted by Crippen LogP contribution is -2.53. The van der Waals surface area contributed by atoms with Crippen molar-refractivity contribution < 1.29 is 13.5 Å². The van der Waals surface area contributed by atoms with Crippen LogP contribution in [0.1, 0.15) is 12.5 Å². The van der Waals surface area contributed by atoms with E-state index in [9.17, 15) is 13.5 Å². The van der Waals surface area contributed by atoms with Gasteiger partial charge in [0.15, 0.2) is 0 Å². The van der Waals surface area contributed by atoms with Gasteiger partial charge in [0.05, 0.1) is 4.90 Å². The summed E-state index contributed by atoms with van der Waals surface area (Å²) in [4.78, 5) is 2.48. The molecule has 1 aliphatic rings. The Morgan fingerprint density at radius 2 is 1.88 bits per heavy atom. The zero-order valence-electron chi connectivity index (χ0n) is 14.0. The molecule has 0 unspecified atom stereocenters. The summed E-state index contributed by atoms with van der Waals surface area (Å²) < 4.78 is 27.0. The van der Waals surface area contributed by atoms with Crippen molar-refractivity contribution in [1.29, 1.82) is 0 Å². The minimum Gasteiger partial charge on any atom is -0.508 e. The second-order valence-electron chi connectivity index (χ2n) is 6.27. The molecule has 0 amide bonds. The van der Waals surface area contributed by atoms with Crippen LogP contribution in [0.25, 0.3) is 0 Å². The number of rotatable bonds is 4. The van der Waals surface area contributed by atoms with Crippen LogP contribution in [-0.4, -0.2) is 48.4 Å². The molecule has 0 saturated carbocycles. The quantitative estimate of drug-likeness (QED) is 0.885. The first-order valence-electron chi connectivity index (χ1n) is 8.14. The fraction of sp³-hybridized carbons (Fsp3) is 0.333. The zero-order chi connectivity index (χ0) is 18.0. The molecule has 7 heteroatoms. The molecule has 0 spiro atoms. The molecule has 134 valence electrons. The summed E-state index contributed by atoms with van der Waals surface area (Å²) in [7, 11) is -3.47. The molecule has 0 radical (unpaired) electrons. The van der Waals surface area contributed by atoms with Crippen molar-refractivity contribution in [2.75, 3.05) is 19.6 Å². The zero-order valence-corrected chi connectivity index (χ0v) is 15.5. The number of sulfonamides is 1. The second kappa shape index (κ2) is 7.33. The first kappa shape index (κ1) is 18.2. The van der Waals surface area contributed by atoms with E-state index in [0.29, 0.717) is 36.1 Å². The predicted molar refractivity (Wildman–Crippen MR) is 98.2 cm³/mol. The third-order valence-corrected chi connectivity index (χ3v) is 6.64. The normalized spacial score (nSPS) is 19.8. The van der Waals surface area contributed by atoms with Crippen molar-refractivity contribution in [3.05, 3.63) is 59.1 Å². The highest BCUT2D eigenvalue weighted by Crippen LogP contribution is 2.26. The molecule has 1 fully saturated rings. The van der Waals surface area contributed by atoms with Crippen LogP contribution in [0.2, 0.25) is 5.02 Å². The first-order chi connectivity index (χ1) is 11.9. The number of hydrogen-bond acceptors (Lipinski definition) is 4. The van der Waals surface area contributed by atoms with Gasteiger partial charge in [-0.05, 0) is 37.3 Å². The number of benzene rings is 2. The topological polar surface area (TPSA) is 60.9 Å². The summed E-state index contributed by atoms with van der Waals surface area (Å²) in [6.07, 6.45) is 0. The summed E-state index contributed by atoms with van der Waals surface area (Å²) in [5, 5.41) is 10.6. The van der Waals surface area contributed by atoms with Gasteiger partial charge in [-0.25, -0.2) is 8.42 Å². The second-order valence-corrected chi connectivity index (χ2v) is 8.64. The van der Waals surface area contributed by atoms with Crippen LogP contribution in [0.15, 0.2) is 53.4 Å². The van der Waals surface area contributed by atoms with Gasteiger partial charge in [-0.2, -0.15) is 4.31 Å². The lowest BCUT2D eigenvalue weighted by Gasteiger charge is -2.39. The smallest absolute Gasteiger partial charge is 0.243 e. The lowest BCUT2D eigenvalue weighted by molar-refractivity contribution is 0.121. The summed E-state index contributed by atoms with van der Waals surface area (Å²) in [6.45, 7) is 3.96. The van der Waals surface area contributed by atoms with E-state index in [0.717, 1.165) is 5.56 Å². The molecule has 5 nitrogen and oxygen atoms in total. The Morgan fingerprint density at radius 3 is 2.56 bits per heavy atom. The number of phenolic OH excluding ortho intramolecular Hbond substituents is 1. The van der Waals surface area contributed by atoms with Gasteiger partial charge >= 0.3 is 0 Å². The Morgan fingerprint density at radius 1 is 1.16 bits per heavy atom. The van der Waals surface area contributed by atoms with Crippen molar-refractivity contribution in [2.45, 2.75) is 24.4 Å². The van der Waals surface area contributed by atoms with Gasteiger partial charge in [0.2, 0.25) is 10.0 Å². The number of phenols is 1. The van der Waals surface area contributed by atoms with Crippen molar-refractivity contribution >= 4 is 21.6 Å². The SMILES string of the molecule is C[C@@H]1CN(S(=O)(=O)c2ccccc2)CCN1Cc1cc(Cl)ccc1O. The van der Waals surface area contributed by atoms with Gasteiger partial charge in [0.1, 0.15) is 5.75 Å². The highest BCUT2D eigenvalue weighted by molar-refractivity contribution is 7.89. The maximum atomic E-state index is 12.7. The maximum Gasteiger partial charge on any atom is 0.243 e. The van der Waals surface area contributed by atoms with E-state index < -0.39 is 10.0 Å². The molecular weight excluding hydrogens is 360 g/mol. The van der Waals surface area contributed by atoms with Crippen molar-refractivity contribution in [1.82, 2.24) is 9.21 Å². The number of hydrogen-bond donors (Lipinski definition) is 1. The largest absolute Gasteiger partial charge is 0.508 e. The van der Waals surface area contributed by atoms with E-state index in [1.807, 2.05) is 6.92 Å². The molecule has 0 aromatic heterocycles. The van der Waals surface area contributed by atoms with Crippen LogP contribution in [-0.2, 0) is 16.6 Å². The van der Waals surface area contributed by atoms with Crippen molar-refractivity contribution in [2.24, 2.45) is 0 Å². The molecule has 1 atom stereocenters. The van der Waals surface area contributed by atoms with Gasteiger partial charge < -0.3 is 5.11 Å². The van der Waals surface area contributed by atoms with E-state index in [2.05, 4.69) is 4.90 Å². The highest BCUT2D eigenvalue weighted by atomic mass is 35.5. The minimum atomic E-state index is -3.47. The van der Waals surface area contributed by atoms with Crippen LogP contribution in [0.3, 0.4) is 0 Å². The summed E-state index contributed by atoms with van der Waals surface area (Å²) >= 11 is 6.00. The lowest BCUT2D eigenvalue weighted by atomic mass is 10.1. The number of piperazine rings is 1. The molecule has 0 bridgehead atoms. The van der Waals surface area contributed by atoms with Crippen LogP contribution >= 0.6 is 11.6 Å². The van der Waals surface area contributed by atoms with Crippen LogP contribution < -0.4 is 0 Å². The van der Waals surface area contributed by atoms with E-state index in [4.69, 9.17) is 11.6 Å². The molecule has 1 saturated heterocycles. The first-order valence-corrected chi connectivity index (χ1v) is 9.96. The van der Waals surface area contributed by atoms with Gasteiger partial charge in [-0.3, -0.25) is 4.90 Å². The van der Waals surface area contributed by atoms with E-state index in [1.165, 1.54) is 4.31 Å². The molecule has 1 N–H and O–H groups in total. The summed E-state index contributed by atoms with van der Waals surface area (Å²) in [5.74, 6) is 0.205. The average molecular weight is 381 g/mol. The Hall–Kier alpha value is -1.60. The molecule has 2 aromatic rings. The number of aromatic hydroxyl groups is 1. The fourth-order valence-corrected chi connectivity index (χ4v) is 4.78. The maximum absolute atomic E-state index is 12.7.